The maximum absolute atomic E-state index is 12.6. The lowest BCUT2D eigenvalue weighted by atomic mass is 10.1. The van der Waals surface area contributed by atoms with Crippen LogP contribution in [0, 0.1) is 0 Å². The van der Waals surface area contributed by atoms with E-state index in [1.165, 1.54) is 11.8 Å². The molecule has 1 N–H and O–H groups in total. The lowest BCUT2D eigenvalue weighted by Gasteiger charge is -2.14. The number of rotatable bonds is 10. The molecule has 1 aromatic carbocycles. The monoisotopic (exact) mass is 424 g/mol. The summed E-state index contributed by atoms with van der Waals surface area (Å²) in [5, 5.41) is 3.58. The molecule has 1 saturated heterocycles. The number of thioether (sulfide) groups is 1. The second-order valence-electron chi connectivity index (χ2n) is 6.40. The summed E-state index contributed by atoms with van der Waals surface area (Å²) in [6.07, 6.45) is 7.04. The first-order chi connectivity index (χ1) is 13.0. The highest BCUT2D eigenvalue weighted by molar-refractivity contribution is 8.26. The zero-order valence-corrected chi connectivity index (χ0v) is 17.9. The van der Waals surface area contributed by atoms with Crippen molar-refractivity contribution in [3.63, 3.8) is 0 Å². The highest BCUT2D eigenvalue weighted by Gasteiger charge is 2.31. The predicted octanol–water partition coefficient (Wildman–Crippen LogP) is 5.02. The van der Waals surface area contributed by atoms with E-state index in [2.05, 4.69) is 12.2 Å². The van der Waals surface area contributed by atoms with E-state index in [0.717, 1.165) is 44.2 Å². The van der Waals surface area contributed by atoms with Crippen LogP contribution in [0.15, 0.2) is 29.2 Å². The maximum atomic E-state index is 12.6. The smallest absolute Gasteiger partial charge is 0.266 e. The first-order valence-electron chi connectivity index (χ1n) is 9.29. The number of nitrogens with zero attached hydrogens (tertiary/aromatic N) is 1. The van der Waals surface area contributed by atoms with Crippen LogP contribution in [0.5, 0.6) is 0 Å². The number of thiocarbonyl (C=S) groups is 1. The second-order valence-corrected chi connectivity index (χ2v) is 8.51. The van der Waals surface area contributed by atoms with Crippen LogP contribution in [0.2, 0.25) is 5.02 Å². The van der Waals surface area contributed by atoms with E-state index in [-0.39, 0.29) is 11.8 Å². The van der Waals surface area contributed by atoms with E-state index in [9.17, 15) is 9.59 Å². The quantitative estimate of drug-likeness (QED) is 0.325. The van der Waals surface area contributed by atoms with Crippen LogP contribution in [-0.4, -0.2) is 34.1 Å². The van der Waals surface area contributed by atoms with Gasteiger partial charge in [-0.05, 0) is 43.0 Å². The van der Waals surface area contributed by atoms with E-state index >= 15 is 0 Å². The number of nitrogens with one attached hydrogen (secondary N) is 1. The van der Waals surface area contributed by atoms with Crippen molar-refractivity contribution in [2.24, 2.45) is 0 Å². The van der Waals surface area contributed by atoms with Gasteiger partial charge in [-0.3, -0.25) is 14.5 Å². The summed E-state index contributed by atoms with van der Waals surface area (Å²) >= 11 is 12.6. The minimum Gasteiger partial charge on any atom is -0.356 e. The molecular weight excluding hydrogens is 400 g/mol. The Hall–Kier alpha value is -1.37. The number of amides is 2. The lowest BCUT2D eigenvalue weighted by molar-refractivity contribution is -0.122. The Morgan fingerprint density at radius 2 is 1.96 bits per heavy atom. The minimum atomic E-state index is -0.0442. The van der Waals surface area contributed by atoms with Gasteiger partial charge < -0.3 is 5.32 Å². The van der Waals surface area contributed by atoms with Gasteiger partial charge in [-0.25, -0.2) is 0 Å². The number of benzene rings is 1. The molecule has 2 amide bonds. The number of hydrogen-bond donors (Lipinski definition) is 1. The molecule has 0 atom stereocenters. The Labute approximate surface area is 175 Å². The zero-order valence-electron chi connectivity index (χ0n) is 15.5. The number of carbonyl (C=O) groups is 2. The van der Waals surface area contributed by atoms with Crippen LogP contribution in [0.25, 0.3) is 6.08 Å². The molecule has 0 radical (unpaired) electrons. The molecular formula is C20H25ClN2O2S2. The van der Waals surface area contributed by atoms with Gasteiger partial charge in [0.05, 0.1) is 4.91 Å². The molecule has 0 spiro atoms. The summed E-state index contributed by atoms with van der Waals surface area (Å²) in [7, 11) is 0. The SMILES string of the molecule is CCCCNC(=O)CCCCCN1C(=O)C(=Cc2ccc(Cl)cc2)SC1=S. The predicted molar refractivity (Wildman–Crippen MR) is 118 cm³/mol. The van der Waals surface area contributed by atoms with Gasteiger partial charge in [0.25, 0.3) is 5.91 Å². The first-order valence-corrected chi connectivity index (χ1v) is 10.9. The summed E-state index contributed by atoms with van der Waals surface area (Å²) in [5.74, 6) is 0.0669. The normalized spacial score (nSPS) is 15.6. The van der Waals surface area contributed by atoms with Crippen molar-refractivity contribution >= 4 is 57.8 Å². The fraction of sp³-hybridized carbons (Fsp3) is 0.450. The summed E-state index contributed by atoms with van der Waals surface area (Å²) < 4.78 is 0.595. The Kier molecular flexibility index (Phi) is 9.31. The highest BCUT2D eigenvalue weighted by atomic mass is 35.5. The first kappa shape index (κ1) is 21.9. The van der Waals surface area contributed by atoms with Gasteiger partial charge in [-0.1, -0.05) is 67.5 Å². The molecule has 7 heteroatoms. The molecule has 1 aliphatic heterocycles. The van der Waals surface area contributed by atoms with Crippen LogP contribution in [-0.2, 0) is 9.59 Å². The van der Waals surface area contributed by atoms with Gasteiger partial charge in [-0.15, -0.1) is 0 Å². The van der Waals surface area contributed by atoms with Crippen molar-refractivity contribution < 1.29 is 9.59 Å². The van der Waals surface area contributed by atoms with Gasteiger partial charge in [-0.2, -0.15) is 0 Å². The number of carbonyl (C=O) groups excluding carboxylic acids is 2. The largest absolute Gasteiger partial charge is 0.356 e. The van der Waals surface area contributed by atoms with Crippen molar-refractivity contribution in [2.75, 3.05) is 13.1 Å². The number of halogens is 1. The van der Waals surface area contributed by atoms with E-state index in [1.807, 2.05) is 18.2 Å². The Morgan fingerprint density at radius 1 is 1.22 bits per heavy atom. The van der Waals surface area contributed by atoms with Gasteiger partial charge in [0.2, 0.25) is 5.91 Å². The average Bonchev–Trinajstić information content (AvgIpc) is 2.90. The Bertz CT molecular complexity index is 704. The summed E-state index contributed by atoms with van der Waals surface area (Å²) in [6, 6.07) is 7.35. The molecule has 1 aromatic rings. The van der Waals surface area contributed by atoms with Gasteiger partial charge >= 0.3 is 0 Å². The van der Waals surface area contributed by atoms with E-state index in [1.54, 1.807) is 17.0 Å². The number of unbranched alkanes of at least 4 members (excludes halogenated alkanes) is 3. The van der Waals surface area contributed by atoms with Crippen molar-refractivity contribution in [2.45, 2.75) is 45.4 Å². The van der Waals surface area contributed by atoms with Gasteiger partial charge in [0, 0.05) is 24.5 Å². The lowest BCUT2D eigenvalue weighted by Crippen LogP contribution is -2.29. The van der Waals surface area contributed by atoms with Crippen molar-refractivity contribution in [1.82, 2.24) is 10.2 Å². The molecule has 27 heavy (non-hydrogen) atoms. The molecule has 0 unspecified atom stereocenters. The molecule has 2 rings (SSSR count). The van der Waals surface area contributed by atoms with Crippen LogP contribution in [0.1, 0.15) is 51.0 Å². The topological polar surface area (TPSA) is 49.4 Å². The van der Waals surface area contributed by atoms with Gasteiger partial charge in [0.1, 0.15) is 4.32 Å². The molecule has 146 valence electrons. The zero-order chi connectivity index (χ0) is 19.6. The Morgan fingerprint density at radius 3 is 2.67 bits per heavy atom. The Balaban J connectivity index is 1.74. The van der Waals surface area contributed by atoms with E-state index in [0.29, 0.717) is 27.2 Å². The fourth-order valence-corrected chi connectivity index (χ4v) is 4.06. The van der Waals surface area contributed by atoms with Crippen molar-refractivity contribution in [1.29, 1.82) is 0 Å². The maximum Gasteiger partial charge on any atom is 0.266 e. The summed E-state index contributed by atoms with van der Waals surface area (Å²) in [4.78, 5) is 26.5. The molecule has 0 saturated carbocycles. The average molecular weight is 425 g/mol. The van der Waals surface area contributed by atoms with Crippen molar-refractivity contribution in [3.8, 4) is 0 Å². The summed E-state index contributed by atoms with van der Waals surface area (Å²) in [5.41, 5.74) is 0.925. The molecule has 0 aliphatic carbocycles. The molecule has 0 bridgehead atoms. The fourth-order valence-electron chi connectivity index (χ4n) is 2.63. The van der Waals surface area contributed by atoms with Crippen LogP contribution < -0.4 is 5.32 Å². The summed E-state index contributed by atoms with van der Waals surface area (Å²) in [6.45, 7) is 3.45. The molecule has 4 nitrogen and oxygen atoms in total. The minimum absolute atomic E-state index is 0.0442. The third-order valence-corrected chi connectivity index (χ3v) is 5.81. The van der Waals surface area contributed by atoms with Gasteiger partial charge in [0.15, 0.2) is 0 Å². The third-order valence-electron chi connectivity index (χ3n) is 4.18. The van der Waals surface area contributed by atoms with Crippen LogP contribution >= 0.6 is 35.6 Å². The van der Waals surface area contributed by atoms with E-state index in [4.69, 9.17) is 23.8 Å². The van der Waals surface area contributed by atoms with E-state index < -0.39 is 0 Å². The van der Waals surface area contributed by atoms with Crippen molar-refractivity contribution in [3.05, 3.63) is 39.8 Å². The van der Waals surface area contributed by atoms with Crippen LogP contribution in [0.3, 0.4) is 0 Å². The molecule has 0 aromatic heterocycles. The number of hydrogen-bond acceptors (Lipinski definition) is 4. The highest BCUT2D eigenvalue weighted by Crippen LogP contribution is 2.32. The second kappa shape index (κ2) is 11.5. The van der Waals surface area contributed by atoms with Crippen LogP contribution in [0.4, 0.5) is 0 Å². The molecule has 1 fully saturated rings. The third kappa shape index (κ3) is 7.28. The standard InChI is InChI=1S/C20H25ClN2O2S2/c1-2-3-12-22-18(24)7-5-4-6-13-23-19(25)17(27-20(23)26)14-15-8-10-16(21)11-9-15/h8-11,14H,2-7,12-13H2,1H3,(H,22,24). The molecule has 1 aliphatic rings. The molecule has 1 heterocycles.